The normalized spacial score (nSPS) is 22.5. The Morgan fingerprint density at radius 2 is 1.32 bits per heavy atom. The molecule has 1 heterocycles. The Bertz CT molecular complexity index is 866. The van der Waals surface area contributed by atoms with E-state index >= 15 is 0 Å². The molecule has 0 bridgehead atoms. The number of amides is 1. The molecule has 3 aromatic rings. The van der Waals surface area contributed by atoms with Crippen LogP contribution in [0.25, 0.3) is 0 Å². The molecule has 1 aliphatic rings. The van der Waals surface area contributed by atoms with Gasteiger partial charge in [0.2, 0.25) is 0 Å². The van der Waals surface area contributed by atoms with Crippen LogP contribution >= 0.6 is 0 Å². The van der Waals surface area contributed by atoms with Crippen molar-refractivity contribution < 1.29 is 4.79 Å². The number of nitrogens with zero attached hydrogens (tertiary/aromatic N) is 1. The number of hydrogen-bond acceptors (Lipinski definition) is 1. The molecular weight excluding hydrogens is 373 g/mol. The molecule has 124 valence electrons. The first-order chi connectivity index (χ1) is 12.2. The molecular formula is C22H19NOSe. The van der Waals surface area contributed by atoms with Gasteiger partial charge in [0.05, 0.1) is 0 Å². The van der Waals surface area contributed by atoms with E-state index in [1.807, 2.05) is 47.4 Å². The first kappa shape index (κ1) is 16.1. The van der Waals surface area contributed by atoms with Gasteiger partial charge in [0, 0.05) is 0 Å². The van der Waals surface area contributed by atoms with Crippen LogP contribution < -0.4 is 9.36 Å². The zero-order valence-electron chi connectivity index (χ0n) is 14.0. The average Bonchev–Trinajstić information content (AvgIpc) is 2.67. The van der Waals surface area contributed by atoms with E-state index < -0.39 is 0 Å². The number of hydrogen-bond donors (Lipinski definition) is 0. The van der Waals surface area contributed by atoms with E-state index in [9.17, 15) is 4.79 Å². The predicted octanol–water partition coefficient (Wildman–Crippen LogP) is 3.98. The second-order valence-electron chi connectivity index (χ2n) is 6.35. The first-order valence-electron chi connectivity index (χ1n) is 8.38. The van der Waals surface area contributed by atoms with E-state index in [-0.39, 0.29) is 31.2 Å². The van der Waals surface area contributed by atoms with Crippen molar-refractivity contribution >= 4 is 31.0 Å². The molecule has 0 spiro atoms. The third-order valence-electron chi connectivity index (χ3n) is 4.65. The number of benzene rings is 3. The fraction of sp³-hybridized carbons (Fsp3) is 0.136. The van der Waals surface area contributed by atoms with Crippen molar-refractivity contribution in [3.05, 3.63) is 96.6 Å². The monoisotopic (exact) mass is 393 g/mol. The Labute approximate surface area is 154 Å². The van der Waals surface area contributed by atoms with Crippen molar-refractivity contribution in [2.24, 2.45) is 0 Å². The van der Waals surface area contributed by atoms with E-state index in [1.165, 1.54) is 10.0 Å². The fourth-order valence-corrected chi connectivity index (χ4v) is 6.22. The van der Waals surface area contributed by atoms with E-state index in [0.717, 1.165) is 5.69 Å². The molecule has 1 aliphatic heterocycles. The second kappa shape index (κ2) is 6.51. The van der Waals surface area contributed by atoms with Gasteiger partial charge in [-0.3, -0.25) is 0 Å². The number of anilines is 1. The molecule has 1 amide bonds. The Morgan fingerprint density at radius 3 is 1.92 bits per heavy atom. The summed E-state index contributed by atoms with van der Waals surface area (Å²) in [6, 6.07) is 30.8. The minimum absolute atomic E-state index is 0.0666. The SMILES string of the molecule is C[C@@]1([Se]c2ccccc2)C(=O)N(c2ccccc2)[C@H]1c1ccccc1. The topological polar surface area (TPSA) is 20.3 Å². The van der Waals surface area contributed by atoms with Gasteiger partial charge in [-0.2, -0.15) is 0 Å². The van der Waals surface area contributed by atoms with Crippen molar-refractivity contribution in [2.45, 2.75) is 17.3 Å². The molecule has 3 aromatic carbocycles. The van der Waals surface area contributed by atoms with Gasteiger partial charge in [0.25, 0.3) is 0 Å². The molecule has 0 unspecified atom stereocenters. The molecule has 4 rings (SSSR count). The Kier molecular flexibility index (Phi) is 4.20. The summed E-state index contributed by atoms with van der Waals surface area (Å²) >= 11 is 0.0666. The van der Waals surface area contributed by atoms with Crippen LogP contribution in [0.15, 0.2) is 91.0 Å². The van der Waals surface area contributed by atoms with Crippen LogP contribution in [0.5, 0.6) is 0 Å². The number of para-hydroxylation sites is 1. The van der Waals surface area contributed by atoms with E-state index in [4.69, 9.17) is 0 Å². The third-order valence-corrected chi connectivity index (χ3v) is 7.44. The summed E-state index contributed by atoms with van der Waals surface area (Å²) < 4.78 is 0.894. The van der Waals surface area contributed by atoms with Crippen LogP contribution in [-0.4, -0.2) is 20.9 Å². The summed E-state index contributed by atoms with van der Waals surface area (Å²) in [5, 5.41) is 0. The summed E-state index contributed by atoms with van der Waals surface area (Å²) in [6.07, 6.45) is 0. The van der Waals surface area contributed by atoms with Gasteiger partial charge in [-0.25, -0.2) is 0 Å². The zero-order valence-corrected chi connectivity index (χ0v) is 15.7. The maximum atomic E-state index is 13.2. The van der Waals surface area contributed by atoms with Gasteiger partial charge >= 0.3 is 155 Å². The zero-order chi connectivity index (χ0) is 17.3. The fourth-order valence-electron chi connectivity index (χ4n) is 3.44. The number of rotatable bonds is 4. The van der Waals surface area contributed by atoms with Gasteiger partial charge in [0.15, 0.2) is 0 Å². The van der Waals surface area contributed by atoms with E-state index in [0.29, 0.717) is 0 Å². The van der Waals surface area contributed by atoms with Gasteiger partial charge in [-0.1, -0.05) is 0 Å². The van der Waals surface area contributed by atoms with Crippen molar-refractivity contribution in [2.75, 3.05) is 4.90 Å². The van der Waals surface area contributed by atoms with Crippen LogP contribution in [0.1, 0.15) is 18.5 Å². The molecule has 0 aliphatic carbocycles. The molecule has 0 N–H and O–H groups in total. The summed E-state index contributed by atoms with van der Waals surface area (Å²) in [7, 11) is 0. The second-order valence-corrected chi connectivity index (χ2v) is 9.54. The van der Waals surface area contributed by atoms with Crippen LogP contribution in [0.2, 0.25) is 4.31 Å². The number of carbonyl (C=O) groups excluding carboxylic acids is 1. The number of carbonyl (C=O) groups is 1. The Hall–Kier alpha value is -2.35. The summed E-state index contributed by atoms with van der Waals surface area (Å²) in [4.78, 5) is 15.2. The molecule has 0 radical (unpaired) electrons. The summed E-state index contributed by atoms with van der Waals surface area (Å²) in [6.45, 7) is 2.12. The minimum atomic E-state index is -0.369. The molecule has 0 aromatic heterocycles. The van der Waals surface area contributed by atoms with Crippen LogP contribution in [0.3, 0.4) is 0 Å². The predicted molar refractivity (Wildman–Crippen MR) is 103 cm³/mol. The standard InChI is InChI=1S/C22H19NOSe/c1-22(25-19-15-9-4-10-16-19)20(17-11-5-2-6-12-17)23(21(22)24)18-13-7-3-8-14-18/h2-16,20H,1H3/t20-,22-/m0/s1. The molecule has 25 heavy (non-hydrogen) atoms. The van der Waals surface area contributed by atoms with Crippen LogP contribution in [-0.2, 0) is 4.79 Å². The molecule has 1 saturated heterocycles. The third kappa shape index (κ3) is 2.80. The molecule has 2 nitrogen and oxygen atoms in total. The van der Waals surface area contributed by atoms with Crippen LogP contribution in [0.4, 0.5) is 5.69 Å². The average molecular weight is 392 g/mol. The number of β-lactam (4-membered cyclic amide) rings is 1. The van der Waals surface area contributed by atoms with Gasteiger partial charge < -0.3 is 0 Å². The van der Waals surface area contributed by atoms with Crippen molar-refractivity contribution in [3.8, 4) is 0 Å². The van der Waals surface area contributed by atoms with Gasteiger partial charge in [-0.05, 0) is 0 Å². The molecule has 0 saturated carbocycles. The van der Waals surface area contributed by atoms with Crippen molar-refractivity contribution in [1.82, 2.24) is 0 Å². The molecule has 1 fully saturated rings. The first-order valence-corrected chi connectivity index (χ1v) is 10.1. The summed E-state index contributed by atoms with van der Waals surface area (Å²) in [5.41, 5.74) is 2.17. The van der Waals surface area contributed by atoms with Crippen molar-refractivity contribution in [3.63, 3.8) is 0 Å². The quantitative estimate of drug-likeness (QED) is 0.486. The van der Waals surface area contributed by atoms with Gasteiger partial charge in [0.1, 0.15) is 0 Å². The van der Waals surface area contributed by atoms with Crippen LogP contribution in [0, 0.1) is 0 Å². The maximum absolute atomic E-state index is 13.2. The Balaban J connectivity index is 1.75. The Morgan fingerprint density at radius 1 is 0.800 bits per heavy atom. The van der Waals surface area contributed by atoms with E-state index in [1.54, 1.807) is 0 Å². The van der Waals surface area contributed by atoms with Crippen molar-refractivity contribution in [1.29, 1.82) is 0 Å². The van der Waals surface area contributed by atoms with Gasteiger partial charge in [-0.15, -0.1) is 0 Å². The molecule has 3 heteroatoms. The van der Waals surface area contributed by atoms with E-state index in [2.05, 4.69) is 55.5 Å². The summed E-state index contributed by atoms with van der Waals surface area (Å²) in [5.74, 6) is 0.219. The molecule has 2 atom stereocenters.